The smallest absolute Gasteiger partial charge is 0.243 e. The van der Waals surface area contributed by atoms with Crippen molar-refractivity contribution in [2.24, 2.45) is 11.3 Å². The second kappa shape index (κ2) is 9.69. The van der Waals surface area contributed by atoms with Gasteiger partial charge in [-0.25, -0.2) is 8.42 Å². The molecule has 1 N–H and O–H groups in total. The van der Waals surface area contributed by atoms with Crippen molar-refractivity contribution in [3.63, 3.8) is 0 Å². The average Bonchev–Trinajstić information content (AvgIpc) is 2.77. The van der Waals surface area contributed by atoms with Gasteiger partial charge >= 0.3 is 0 Å². The molecule has 31 heavy (non-hydrogen) atoms. The van der Waals surface area contributed by atoms with Crippen LogP contribution in [0.1, 0.15) is 58.4 Å². The molecule has 2 amide bonds. The first-order valence-corrected chi connectivity index (χ1v) is 12.7. The Labute approximate surface area is 186 Å². The quantitative estimate of drug-likeness (QED) is 0.749. The summed E-state index contributed by atoms with van der Waals surface area (Å²) < 4.78 is 27.3. The molecule has 2 heterocycles. The van der Waals surface area contributed by atoms with Gasteiger partial charge < -0.3 is 10.2 Å². The Morgan fingerprint density at radius 3 is 2.29 bits per heavy atom. The summed E-state index contributed by atoms with van der Waals surface area (Å²) in [5.74, 6) is -0.0329. The SMILES string of the molecule is CC(C)(C)C(=O)N1CCC(C(=O)NCc2cccc(S(=O)(=O)N3CCCCC3)c2)CC1. The van der Waals surface area contributed by atoms with E-state index in [9.17, 15) is 18.0 Å². The summed E-state index contributed by atoms with van der Waals surface area (Å²) in [6, 6.07) is 6.85. The topological polar surface area (TPSA) is 86.8 Å². The van der Waals surface area contributed by atoms with Crippen LogP contribution in [0.15, 0.2) is 29.2 Å². The Morgan fingerprint density at radius 1 is 1.03 bits per heavy atom. The van der Waals surface area contributed by atoms with Crippen LogP contribution in [0.2, 0.25) is 0 Å². The van der Waals surface area contributed by atoms with Crippen LogP contribution in [0.3, 0.4) is 0 Å². The van der Waals surface area contributed by atoms with Crippen molar-refractivity contribution in [3.05, 3.63) is 29.8 Å². The van der Waals surface area contributed by atoms with Crippen LogP contribution in [0.5, 0.6) is 0 Å². The van der Waals surface area contributed by atoms with Gasteiger partial charge in [0.2, 0.25) is 21.8 Å². The predicted molar refractivity (Wildman–Crippen MR) is 120 cm³/mol. The van der Waals surface area contributed by atoms with E-state index in [-0.39, 0.29) is 22.6 Å². The molecule has 172 valence electrons. The van der Waals surface area contributed by atoms with Crippen LogP contribution in [-0.2, 0) is 26.2 Å². The Balaban J connectivity index is 1.54. The van der Waals surface area contributed by atoms with Crippen molar-refractivity contribution in [2.75, 3.05) is 26.2 Å². The number of amides is 2. The maximum Gasteiger partial charge on any atom is 0.243 e. The molecule has 8 heteroatoms. The van der Waals surface area contributed by atoms with E-state index in [1.54, 1.807) is 22.5 Å². The van der Waals surface area contributed by atoms with Gasteiger partial charge in [-0.2, -0.15) is 4.31 Å². The lowest BCUT2D eigenvalue weighted by Gasteiger charge is -2.35. The Morgan fingerprint density at radius 2 is 1.68 bits per heavy atom. The first-order chi connectivity index (χ1) is 14.6. The number of nitrogens with zero attached hydrogens (tertiary/aromatic N) is 2. The van der Waals surface area contributed by atoms with E-state index in [1.165, 1.54) is 0 Å². The van der Waals surface area contributed by atoms with Gasteiger partial charge in [0.05, 0.1) is 4.90 Å². The largest absolute Gasteiger partial charge is 0.352 e. The molecule has 0 saturated carbocycles. The number of rotatable bonds is 5. The van der Waals surface area contributed by atoms with E-state index in [1.807, 2.05) is 31.7 Å². The Hall–Kier alpha value is -1.93. The number of piperidine rings is 2. The molecule has 1 aromatic rings. The minimum atomic E-state index is -3.49. The monoisotopic (exact) mass is 449 g/mol. The lowest BCUT2D eigenvalue weighted by Crippen LogP contribution is -2.46. The average molecular weight is 450 g/mol. The normalized spacial score (nSPS) is 19.3. The third-order valence-electron chi connectivity index (χ3n) is 6.11. The number of benzene rings is 1. The molecule has 0 atom stereocenters. The van der Waals surface area contributed by atoms with Crippen LogP contribution in [0.4, 0.5) is 0 Å². The number of carbonyl (C=O) groups is 2. The number of carbonyl (C=O) groups excluding carboxylic acids is 2. The van der Waals surface area contributed by atoms with Crippen molar-refractivity contribution in [2.45, 2.75) is 64.3 Å². The fourth-order valence-electron chi connectivity index (χ4n) is 4.22. The molecule has 7 nitrogen and oxygen atoms in total. The lowest BCUT2D eigenvalue weighted by molar-refractivity contribution is -0.142. The molecular weight excluding hydrogens is 414 g/mol. The summed E-state index contributed by atoms with van der Waals surface area (Å²) in [7, 11) is -3.49. The van der Waals surface area contributed by atoms with E-state index in [2.05, 4.69) is 5.32 Å². The molecule has 2 aliphatic rings. The number of sulfonamides is 1. The van der Waals surface area contributed by atoms with Crippen molar-refractivity contribution in [3.8, 4) is 0 Å². The summed E-state index contributed by atoms with van der Waals surface area (Å²) in [6.45, 7) is 8.35. The van der Waals surface area contributed by atoms with Crippen LogP contribution in [0.25, 0.3) is 0 Å². The van der Waals surface area contributed by atoms with Gasteiger partial charge in [0, 0.05) is 44.1 Å². The highest BCUT2D eigenvalue weighted by atomic mass is 32.2. The number of hydrogen-bond donors (Lipinski definition) is 1. The molecule has 2 fully saturated rings. The first kappa shape index (κ1) is 23.7. The minimum Gasteiger partial charge on any atom is -0.352 e. The third kappa shape index (κ3) is 5.86. The molecule has 1 aromatic carbocycles. The molecule has 0 unspecified atom stereocenters. The highest BCUT2D eigenvalue weighted by Crippen LogP contribution is 2.24. The molecule has 0 aliphatic carbocycles. The van der Waals surface area contributed by atoms with Gasteiger partial charge in [-0.05, 0) is 43.4 Å². The van der Waals surface area contributed by atoms with Gasteiger partial charge in [-0.1, -0.05) is 39.3 Å². The summed E-state index contributed by atoms with van der Waals surface area (Å²) in [4.78, 5) is 27.2. The van der Waals surface area contributed by atoms with E-state index in [0.29, 0.717) is 45.6 Å². The molecule has 2 aliphatic heterocycles. The highest BCUT2D eigenvalue weighted by Gasteiger charge is 2.32. The number of hydrogen-bond acceptors (Lipinski definition) is 4. The van der Waals surface area contributed by atoms with Crippen molar-refractivity contribution in [1.82, 2.24) is 14.5 Å². The van der Waals surface area contributed by atoms with Crippen molar-refractivity contribution >= 4 is 21.8 Å². The van der Waals surface area contributed by atoms with E-state index >= 15 is 0 Å². The standard InChI is InChI=1S/C23H35N3O4S/c1-23(2,3)22(28)25-14-10-19(11-15-25)21(27)24-17-18-8-7-9-20(16-18)31(29,30)26-12-5-4-6-13-26/h7-9,16,19H,4-6,10-15,17H2,1-3H3,(H,24,27). The zero-order valence-corrected chi connectivity index (χ0v) is 19.7. The Bertz CT molecular complexity index is 894. The third-order valence-corrected chi connectivity index (χ3v) is 8.01. The molecule has 0 aromatic heterocycles. The number of nitrogens with one attached hydrogen (secondary N) is 1. The maximum atomic E-state index is 12.9. The molecule has 0 spiro atoms. The summed E-state index contributed by atoms with van der Waals surface area (Å²) in [5, 5.41) is 2.95. The van der Waals surface area contributed by atoms with Crippen LogP contribution < -0.4 is 5.32 Å². The summed E-state index contributed by atoms with van der Waals surface area (Å²) in [6.07, 6.45) is 4.17. The van der Waals surface area contributed by atoms with Gasteiger partial charge in [0.15, 0.2) is 0 Å². The van der Waals surface area contributed by atoms with Gasteiger partial charge in [0.1, 0.15) is 0 Å². The van der Waals surface area contributed by atoms with Crippen molar-refractivity contribution in [1.29, 1.82) is 0 Å². The molecular formula is C23H35N3O4S. The minimum absolute atomic E-state index is 0.0350. The van der Waals surface area contributed by atoms with Gasteiger partial charge in [-0.3, -0.25) is 9.59 Å². The Kier molecular flexibility index (Phi) is 7.42. The van der Waals surface area contributed by atoms with Crippen molar-refractivity contribution < 1.29 is 18.0 Å². The van der Waals surface area contributed by atoms with E-state index < -0.39 is 15.4 Å². The molecule has 0 radical (unpaired) electrons. The zero-order chi connectivity index (χ0) is 22.6. The number of likely N-dealkylation sites (tertiary alicyclic amines) is 1. The fraction of sp³-hybridized carbons (Fsp3) is 0.652. The van der Waals surface area contributed by atoms with Crippen LogP contribution in [0, 0.1) is 11.3 Å². The van der Waals surface area contributed by atoms with E-state index in [0.717, 1.165) is 24.8 Å². The van der Waals surface area contributed by atoms with Gasteiger partial charge in [0.25, 0.3) is 0 Å². The van der Waals surface area contributed by atoms with Crippen LogP contribution >= 0.6 is 0 Å². The second-order valence-electron chi connectivity index (χ2n) is 9.65. The summed E-state index contributed by atoms with van der Waals surface area (Å²) in [5.41, 5.74) is 0.362. The molecule has 0 bridgehead atoms. The summed E-state index contributed by atoms with van der Waals surface area (Å²) >= 11 is 0. The maximum absolute atomic E-state index is 12.9. The zero-order valence-electron chi connectivity index (χ0n) is 18.9. The highest BCUT2D eigenvalue weighted by molar-refractivity contribution is 7.89. The first-order valence-electron chi connectivity index (χ1n) is 11.3. The van der Waals surface area contributed by atoms with Crippen LogP contribution in [-0.4, -0.2) is 55.6 Å². The predicted octanol–water partition coefficient (Wildman–Crippen LogP) is 2.76. The second-order valence-corrected chi connectivity index (χ2v) is 11.6. The van der Waals surface area contributed by atoms with Gasteiger partial charge in [-0.15, -0.1) is 0 Å². The molecule has 3 rings (SSSR count). The fourth-order valence-corrected chi connectivity index (χ4v) is 5.81. The van der Waals surface area contributed by atoms with E-state index in [4.69, 9.17) is 0 Å². The lowest BCUT2D eigenvalue weighted by atomic mass is 9.90. The molecule has 2 saturated heterocycles.